The van der Waals surface area contributed by atoms with E-state index in [1.165, 1.54) is 0 Å². The molecule has 1 atom stereocenters. The van der Waals surface area contributed by atoms with E-state index in [1.807, 2.05) is 18.2 Å². The SMILES string of the molecule is CCC(N)Cc1cc(OCCCC(=O)N(C)C)ccc1Br. The molecule has 0 saturated carbocycles. The predicted octanol–water partition coefficient (Wildman–Crippen LogP) is 2.98. The highest BCUT2D eigenvalue weighted by molar-refractivity contribution is 9.10. The Morgan fingerprint density at radius 3 is 2.76 bits per heavy atom. The lowest BCUT2D eigenvalue weighted by molar-refractivity contribution is -0.128. The summed E-state index contributed by atoms with van der Waals surface area (Å²) < 4.78 is 6.77. The van der Waals surface area contributed by atoms with Crippen molar-refractivity contribution < 1.29 is 9.53 Å². The Morgan fingerprint density at radius 2 is 2.14 bits per heavy atom. The highest BCUT2D eigenvalue weighted by Gasteiger charge is 2.08. The molecular weight excluding hydrogens is 332 g/mol. The largest absolute Gasteiger partial charge is 0.494 e. The Kier molecular flexibility index (Phi) is 7.75. The van der Waals surface area contributed by atoms with Gasteiger partial charge in [0.1, 0.15) is 5.75 Å². The summed E-state index contributed by atoms with van der Waals surface area (Å²) in [6.07, 6.45) is 3.01. The molecule has 0 aliphatic heterocycles. The zero-order valence-electron chi connectivity index (χ0n) is 13.1. The minimum absolute atomic E-state index is 0.129. The van der Waals surface area contributed by atoms with Gasteiger partial charge in [-0.3, -0.25) is 4.79 Å². The lowest BCUT2D eigenvalue weighted by Gasteiger charge is -2.13. The molecule has 1 amide bonds. The number of nitrogens with two attached hydrogens (primary N) is 1. The summed E-state index contributed by atoms with van der Waals surface area (Å²) in [5.41, 5.74) is 7.16. The van der Waals surface area contributed by atoms with Gasteiger partial charge in [-0.15, -0.1) is 0 Å². The highest BCUT2D eigenvalue weighted by atomic mass is 79.9. The Bertz CT molecular complexity index is 464. The van der Waals surface area contributed by atoms with Gasteiger partial charge in [-0.1, -0.05) is 22.9 Å². The van der Waals surface area contributed by atoms with E-state index >= 15 is 0 Å². The van der Waals surface area contributed by atoms with Crippen molar-refractivity contribution in [3.63, 3.8) is 0 Å². The van der Waals surface area contributed by atoms with Crippen LogP contribution < -0.4 is 10.5 Å². The molecular formula is C16H25BrN2O2. The molecule has 0 aromatic heterocycles. The van der Waals surface area contributed by atoms with E-state index in [2.05, 4.69) is 22.9 Å². The Balaban J connectivity index is 2.49. The number of hydrogen-bond acceptors (Lipinski definition) is 3. The van der Waals surface area contributed by atoms with Crippen LogP contribution in [0.2, 0.25) is 0 Å². The average molecular weight is 357 g/mol. The normalized spacial score (nSPS) is 12.0. The van der Waals surface area contributed by atoms with Gasteiger partial charge in [-0.05, 0) is 43.0 Å². The summed E-state index contributed by atoms with van der Waals surface area (Å²) in [6, 6.07) is 6.10. The van der Waals surface area contributed by atoms with Crippen LogP contribution in [-0.4, -0.2) is 37.6 Å². The molecule has 0 aliphatic carbocycles. The van der Waals surface area contributed by atoms with Crippen molar-refractivity contribution in [3.8, 4) is 5.75 Å². The molecule has 0 bridgehead atoms. The van der Waals surface area contributed by atoms with Crippen LogP contribution in [0, 0.1) is 0 Å². The van der Waals surface area contributed by atoms with Crippen LogP contribution >= 0.6 is 15.9 Å². The van der Waals surface area contributed by atoms with Crippen LogP contribution in [0.3, 0.4) is 0 Å². The zero-order chi connectivity index (χ0) is 15.8. The molecule has 118 valence electrons. The number of rotatable bonds is 8. The van der Waals surface area contributed by atoms with Crippen molar-refractivity contribution in [3.05, 3.63) is 28.2 Å². The molecule has 0 radical (unpaired) electrons. The van der Waals surface area contributed by atoms with Crippen molar-refractivity contribution in [2.75, 3.05) is 20.7 Å². The molecule has 0 fully saturated rings. The molecule has 1 aromatic rings. The van der Waals surface area contributed by atoms with E-state index in [9.17, 15) is 4.79 Å². The maximum absolute atomic E-state index is 11.5. The molecule has 21 heavy (non-hydrogen) atoms. The Hall–Kier alpha value is -1.07. The average Bonchev–Trinajstić information content (AvgIpc) is 2.46. The molecule has 1 unspecified atom stereocenters. The molecule has 5 heteroatoms. The van der Waals surface area contributed by atoms with Crippen molar-refractivity contribution >= 4 is 21.8 Å². The van der Waals surface area contributed by atoms with Crippen LogP contribution in [0.4, 0.5) is 0 Å². The van der Waals surface area contributed by atoms with Gasteiger partial charge in [0.25, 0.3) is 0 Å². The van der Waals surface area contributed by atoms with Crippen LogP contribution in [0.5, 0.6) is 5.75 Å². The monoisotopic (exact) mass is 356 g/mol. The van der Waals surface area contributed by atoms with Crippen molar-refractivity contribution in [1.82, 2.24) is 4.90 Å². The number of ether oxygens (including phenoxy) is 1. The summed E-state index contributed by atoms with van der Waals surface area (Å²) in [5.74, 6) is 0.956. The van der Waals surface area contributed by atoms with Gasteiger partial charge in [-0.25, -0.2) is 0 Å². The fourth-order valence-electron chi connectivity index (χ4n) is 1.86. The summed E-state index contributed by atoms with van der Waals surface area (Å²) in [7, 11) is 3.53. The highest BCUT2D eigenvalue weighted by Crippen LogP contribution is 2.24. The first-order valence-corrected chi connectivity index (χ1v) is 8.10. The third-order valence-corrected chi connectivity index (χ3v) is 4.10. The third kappa shape index (κ3) is 6.48. The quantitative estimate of drug-likeness (QED) is 0.728. The number of carbonyl (C=O) groups is 1. The second-order valence-corrected chi connectivity index (χ2v) is 6.22. The zero-order valence-corrected chi connectivity index (χ0v) is 14.6. The molecule has 1 rings (SSSR count). The molecule has 2 N–H and O–H groups in total. The summed E-state index contributed by atoms with van der Waals surface area (Å²) in [6.45, 7) is 2.63. The summed E-state index contributed by atoms with van der Waals surface area (Å²) in [5, 5.41) is 0. The summed E-state index contributed by atoms with van der Waals surface area (Å²) in [4.78, 5) is 13.1. The number of carbonyl (C=O) groups excluding carboxylic acids is 1. The van der Waals surface area contributed by atoms with Gasteiger partial charge in [0.05, 0.1) is 6.61 Å². The van der Waals surface area contributed by atoms with Crippen LogP contribution in [0.25, 0.3) is 0 Å². The lowest BCUT2D eigenvalue weighted by atomic mass is 10.0. The third-order valence-electron chi connectivity index (χ3n) is 3.33. The topological polar surface area (TPSA) is 55.6 Å². The molecule has 4 nitrogen and oxygen atoms in total. The Morgan fingerprint density at radius 1 is 1.43 bits per heavy atom. The van der Waals surface area contributed by atoms with E-state index in [0.29, 0.717) is 13.0 Å². The van der Waals surface area contributed by atoms with Crippen molar-refractivity contribution in [1.29, 1.82) is 0 Å². The van der Waals surface area contributed by atoms with Crippen LogP contribution in [-0.2, 0) is 11.2 Å². The number of hydrogen-bond donors (Lipinski definition) is 1. The maximum atomic E-state index is 11.5. The molecule has 0 heterocycles. The number of halogens is 1. The van der Waals surface area contributed by atoms with E-state index in [4.69, 9.17) is 10.5 Å². The van der Waals surface area contributed by atoms with E-state index in [1.54, 1.807) is 19.0 Å². The first-order chi connectivity index (χ1) is 9.93. The van der Waals surface area contributed by atoms with Gasteiger partial charge in [0, 0.05) is 31.0 Å². The van der Waals surface area contributed by atoms with Gasteiger partial charge in [0.15, 0.2) is 0 Å². The second-order valence-electron chi connectivity index (χ2n) is 5.37. The number of nitrogens with zero attached hydrogens (tertiary/aromatic N) is 1. The molecule has 0 aliphatic rings. The molecule has 0 spiro atoms. The fourth-order valence-corrected chi connectivity index (χ4v) is 2.27. The van der Waals surface area contributed by atoms with Gasteiger partial charge in [0.2, 0.25) is 5.91 Å². The number of benzene rings is 1. The van der Waals surface area contributed by atoms with Crippen molar-refractivity contribution in [2.45, 2.75) is 38.6 Å². The molecule has 1 aromatic carbocycles. The predicted molar refractivity (Wildman–Crippen MR) is 89.5 cm³/mol. The fraction of sp³-hybridized carbons (Fsp3) is 0.562. The lowest BCUT2D eigenvalue weighted by Crippen LogP contribution is -2.22. The van der Waals surface area contributed by atoms with Crippen molar-refractivity contribution in [2.24, 2.45) is 5.73 Å². The standard InChI is InChI=1S/C16H25BrN2O2/c1-4-13(18)10-12-11-14(7-8-15(12)17)21-9-5-6-16(20)19(2)3/h7-8,11,13H,4-6,9-10,18H2,1-3H3. The minimum atomic E-state index is 0.129. The minimum Gasteiger partial charge on any atom is -0.494 e. The maximum Gasteiger partial charge on any atom is 0.222 e. The van der Waals surface area contributed by atoms with Crippen LogP contribution in [0.15, 0.2) is 22.7 Å². The second kappa shape index (κ2) is 9.05. The molecule has 0 saturated heterocycles. The Labute approximate surface area is 135 Å². The smallest absolute Gasteiger partial charge is 0.222 e. The van der Waals surface area contributed by atoms with Gasteiger partial charge < -0.3 is 15.4 Å². The first kappa shape index (κ1) is 18.0. The first-order valence-electron chi connectivity index (χ1n) is 7.31. The van der Waals surface area contributed by atoms with E-state index in [0.717, 1.165) is 35.0 Å². The van der Waals surface area contributed by atoms with Gasteiger partial charge >= 0.3 is 0 Å². The van der Waals surface area contributed by atoms with Crippen LogP contribution in [0.1, 0.15) is 31.7 Å². The summed E-state index contributed by atoms with van der Waals surface area (Å²) >= 11 is 3.54. The van der Waals surface area contributed by atoms with Gasteiger partial charge in [-0.2, -0.15) is 0 Å². The van der Waals surface area contributed by atoms with E-state index < -0.39 is 0 Å². The number of amides is 1. The van der Waals surface area contributed by atoms with E-state index in [-0.39, 0.29) is 11.9 Å².